The smallest absolute Gasteiger partial charge is 0.192 e. The topological polar surface area (TPSA) is 58.9 Å². The van der Waals surface area contributed by atoms with Crippen molar-refractivity contribution in [3.63, 3.8) is 0 Å². The van der Waals surface area contributed by atoms with Crippen molar-refractivity contribution in [3.05, 3.63) is 69.7 Å². The van der Waals surface area contributed by atoms with E-state index in [-0.39, 0.29) is 5.41 Å². The summed E-state index contributed by atoms with van der Waals surface area (Å²) in [5, 5.41) is 21.9. The molecule has 2 N–H and O–H groups in total. The highest BCUT2D eigenvalue weighted by atomic mass is 79.9. The van der Waals surface area contributed by atoms with Gasteiger partial charge in [-0.1, -0.05) is 66.2 Å². The van der Waals surface area contributed by atoms with E-state index in [1.165, 1.54) is 5.56 Å². The van der Waals surface area contributed by atoms with Crippen molar-refractivity contribution in [2.75, 3.05) is 13.2 Å². The molecule has 1 fully saturated rings. The lowest BCUT2D eigenvalue weighted by molar-refractivity contribution is -0.257. The maximum Gasteiger partial charge on any atom is 0.192 e. The van der Waals surface area contributed by atoms with Gasteiger partial charge in [-0.15, -0.1) is 0 Å². The van der Waals surface area contributed by atoms with Crippen LogP contribution in [0.25, 0.3) is 0 Å². The normalized spacial score (nSPS) is 22.0. The Morgan fingerprint density at radius 2 is 1.90 bits per heavy atom. The molecule has 30 heavy (non-hydrogen) atoms. The standard InChI is InChI=1S/C25H33BrO4/c1-24(2)13-15-30-25(28,18-24)20-11-12-22(26)21(16-20)23(27)10-6-7-14-29-17-19-8-4-3-5-9-19/h3-5,8-9,11-12,16,23,27-28H,6-7,10,13-15,17-18H2,1-2H3. The summed E-state index contributed by atoms with van der Waals surface area (Å²) in [7, 11) is 0. The first kappa shape index (κ1) is 23.4. The van der Waals surface area contributed by atoms with Crippen molar-refractivity contribution in [2.24, 2.45) is 5.41 Å². The molecule has 5 heteroatoms. The van der Waals surface area contributed by atoms with Crippen molar-refractivity contribution in [1.82, 2.24) is 0 Å². The Bertz CT molecular complexity index is 808. The van der Waals surface area contributed by atoms with Crippen molar-refractivity contribution < 1.29 is 19.7 Å². The van der Waals surface area contributed by atoms with E-state index in [1.54, 1.807) is 0 Å². The van der Waals surface area contributed by atoms with Gasteiger partial charge in [0.1, 0.15) is 0 Å². The van der Waals surface area contributed by atoms with E-state index >= 15 is 0 Å². The average molecular weight is 477 g/mol. The SMILES string of the molecule is CC1(C)CCOC(O)(c2ccc(Br)c(C(O)CCCCOCc3ccccc3)c2)C1. The number of hydrogen-bond donors (Lipinski definition) is 2. The van der Waals surface area contributed by atoms with Crippen LogP contribution in [0.4, 0.5) is 0 Å². The van der Waals surface area contributed by atoms with Crippen LogP contribution in [0.15, 0.2) is 53.0 Å². The van der Waals surface area contributed by atoms with Gasteiger partial charge in [0.25, 0.3) is 0 Å². The Morgan fingerprint density at radius 3 is 2.63 bits per heavy atom. The largest absolute Gasteiger partial charge is 0.388 e. The monoisotopic (exact) mass is 476 g/mol. The molecule has 0 saturated carbocycles. The molecule has 0 spiro atoms. The van der Waals surface area contributed by atoms with Gasteiger partial charge in [-0.05, 0) is 54.4 Å². The number of hydrogen-bond acceptors (Lipinski definition) is 4. The lowest BCUT2D eigenvalue weighted by Gasteiger charge is -2.41. The average Bonchev–Trinajstić information content (AvgIpc) is 2.70. The molecule has 2 aromatic carbocycles. The third-order valence-electron chi connectivity index (χ3n) is 5.77. The highest BCUT2D eigenvalue weighted by Gasteiger charge is 2.41. The zero-order valence-corrected chi connectivity index (χ0v) is 19.5. The molecule has 0 bridgehead atoms. The van der Waals surface area contributed by atoms with Crippen molar-refractivity contribution in [1.29, 1.82) is 0 Å². The Kier molecular flexibility index (Phi) is 8.11. The van der Waals surface area contributed by atoms with Crippen molar-refractivity contribution in [3.8, 4) is 0 Å². The van der Waals surface area contributed by atoms with Crippen molar-refractivity contribution >= 4 is 15.9 Å². The summed E-state index contributed by atoms with van der Waals surface area (Å²) in [5.41, 5.74) is 2.68. The van der Waals surface area contributed by atoms with Crippen LogP contribution in [-0.2, 0) is 21.9 Å². The molecule has 1 aliphatic heterocycles. The molecular formula is C25H33BrO4. The summed E-state index contributed by atoms with van der Waals surface area (Å²) >= 11 is 3.55. The maximum absolute atomic E-state index is 11.1. The quantitative estimate of drug-likeness (QED) is 0.445. The van der Waals surface area contributed by atoms with E-state index in [4.69, 9.17) is 9.47 Å². The minimum absolute atomic E-state index is 0.0125. The molecule has 1 aliphatic rings. The van der Waals surface area contributed by atoms with Gasteiger partial charge in [0.15, 0.2) is 5.79 Å². The molecule has 1 heterocycles. The fraction of sp³-hybridized carbons (Fsp3) is 0.520. The first-order valence-electron chi connectivity index (χ1n) is 10.8. The number of ether oxygens (including phenoxy) is 2. The Labute approximate surface area is 188 Å². The summed E-state index contributed by atoms with van der Waals surface area (Å²) in [5.74, 6) is -1.30. The van der Waals surface area contributed by atoms with Crippen molar-refractivity contribution in [2.45, 2.75) is 64.4 Å². The molecular weight excluding hydrogens is 444 g/mol. The Morgan fingerprint density at radius 1 is 1.13 bits per heavy atom. The van der Waals surface area contributed by atoms with Gasteiger partial charge >= 0.3 is 0 Å². The molecule has 164 valence electrons. The van der Waals surface area contributed by atoms with E-state index in [0.717, 1.165) is 29.3 Å². The first-order valence-corrected chi connectivity index (χ1v) is 11.5. The molecule has 4 nitrogen and oxygen atoms in total. The Hall–Kier alpha value is -1.24. The van der Waals surface area contributed by atoms with Gasteiger partial charge in [0.2, 0.25) is 0 Å². The van der Waals surface area contributed by atoms with Crippen LogP contribution < -0.4 is 0 Å². The van der Waals surface area contributed by atoms with Crippen LogP contribution in [0, 0.1) is 5.41 Å². The van der Waals surface area contributed by atoms with Crippen LogP contribution in [0.3, 0.4) is 0 Å². The summed E-state index contributed by atoms with van der Waals surface area (Å²) in [6.07, 6.45) is 3.25. The summed E-state index contributed by atoms with van der Waals surface area (Å²) < 4.78 is 12.3. The fourth-order valence-corrected chi connectivity index (χ4v) is 4.48. The molecule has 0 radical (unpaired) electrons. The Balaban J connectivity index is 1.51. The molecule has 3 rings (SSSR count). The van der Waals surface area contributed by atoms with Gasteiger partial charge < -0.3 is 19.7 Å². The van der Waals surface area contributed by atoms with E-state index in [9.17, 15) is 10.2 Å². The number of aliphatic hydroxyl groups is 2. The van der Waals surface area contributed by atoms with Gasteiger partial charge in [0.05, 0.1) is 19.3 Å². The zero-order chi connectivity index (χ0) is 21.6. The van der Waals surface area contributed by atoms with Crippen LogP contribution in [0.1, 0.15) is 68.7 Å². The molecule has 2 atom stereocenters. The van der Waals surface area contributed by atoms with Gasteiger partial charge in [-0.3, -0.25) is 0 Å². The molecule has 1 saturated heterocycles. The summed E-state index contributed by atoms with van der Waals surface area (Å²) in [6.45, 7) is 6.11. The van der Waals surface area contributed by atoms with Gasteiger partial charge in [-0.25, -0.2) is 0 Å². The lowest BCUT2D eigenvalue weighted by atomic mass is 9.78. The molecule has 0 aliphatic carbocycles. The minimum atomic E-state index is -1.30. The molecule has 0 amide bonds. The first-order chi connectivity index (χ1) is 14.3. The number of aliphatic hydroxyl groups excluding tert-OH is 1. The predicted molar refractivity (Wildman–Crippen MR) is 122 cm³/mol. The van der Waals surface area contributed by atoms with Crippen LogP contribution in [-0.4, -0.2) is 23.4 Å². The van der Waals surface area contributed by atoms with Gasteiger partial charge in [-0.2, -0.15) is 0 Å². The number of unbranched alkanes of at least 4 members (excludes halogenated alkanes) is 1. The second-order valence-electron chi connectivity index (χ2n) is 9.01. The number of rotatable bonds is 9. The van der Waals surface area contributed by atoms with E-state index in [0.29, 0.717) is 38.2 Å². The molecule has 0 aromatic heterocycles. The minimum Gasteiger partial charge on any atom is -0.388 e. The van der Waals surface area contributed by atoms with Gasteiger partial charge in [0, 0.05) is 23.1 Å². The predicted octanol–water partition coefficient (Wildman–Crippen LogP) is 5.85. The van der Waals surface area contributed by atoms with Crippen LogP contribution in [0.2, 0.25) is 0 Å². The van der Waals surface area contributed by atoms with Crippen LogP contribution >= 0.6 is 15.9 Å². The molecule has 2 aromatic rings. The van der Waals surface area contributed by atoms with E-state index in [2.05, 4.69) is 41.9 Å². The fourth-order valence-electron chi connectivity index (χ4n) is 3.97. The lowest BCUT2D eigenvalue weighted by Crippen LogP contribution is -2.40. The number of halogens is 1. The second kappa shape index (κ2) is 10.4. The summed E-state index contributed by atoms with van der Waals surface area (Å²) in [6, 6.07) is 15.8. The number of benzene rings is 2. The summed E-state index contributed by atoms with van der Waals surface area (Å²) in [4.78, 5) is 0. The zero-order valence-electron chi connectivity index (χ0n) is 17.9. The third-order valence-corrected chi connectivity index (χ3v) is 6.49. The highest BCUT2D eigenvalue weighted by Crippen LogP contribution is 2.43. The third kappa shape index (κ3) is 6.38. The van der Waals surface area contributed by atoms with Crippen LogP contribution in [0.5, 0.6) is 0 Å². The molecule has 2 unspecified atom stereocenters. The van der Waals surface area contributed by atoms with E-state index in [1.807, 2.05) is 36.4 Å². The maximum atomic E-state index is 11.1. The van der Waals surface area contributed by atoms with E-state index < -0.39 is 11.9 Å². The second-order valence-corrected chi connectivity index (χ2v) is 9.86. The highest BCUT2D eigenvalue weighted by molar-refractivity contribution is 9.10.